The Morgan fingerprint density at radius 2 is 1.61 bits per heavy atom. The number of fused-ring (bicyclic) bond motifs is 5. The summed E-state index contributed by atoms with van der Waals surface area (Å²) in [6, 6.07) is 15.9. The number of aliphatic hydroxyl groups excluding tert-OH is 1. The second kappa shape index (κ2) is 15.8. The number of hydrogen-bond donors (Lipinski definition) is 3. The summed E-state index contributed by atoms with van der Waals surface area (Å²) in [4.78, 5) is 69.7. The number of rotatable bonds is 11. The fraction of sp³-hybridized carbons (Fsp3) is 0.578. The number of benzene rings is 2. The second-order valence-corrected chi connectivity index (χ2v) is 17.5. The fourth-order valence-corrected chi connectivity index (χ4v) is 10.6. The van der Waals surface area contributed by atoms with Crippen LogP contribution in [-0.2, 0) is 38.1 Å². The predicted octanol–water partition coefficient (Wildman–Crippen LogP) is 5.59. The summed E-state index contributed by atoms with van der Waals surface area (Å²) in [5.41, 5.74) is -3.51. The van der Waals surface area contributed by atoms with Gasteiger partial charge in [-0.1, -0.05) is 89.6 Å². The Kier molecular flexibility index (Phi) is 11.7. The number of unbranched alkanes of at least 4 members (excludes halogenated alkanes) is 1. The minimum atomic E-state index is -1.70. The molecule has 3 aliphatic carbocycles. The number of amides is 1. The quantitative estimate of drug-likeness (QED) is 0.147. The van der Waals surface area contributed by atoms with Gasteiger partial charge in [-0.3, -0.25) is 19.2 Å². The summed E-state index contributed by atoms with van der Waals surface area (Å²) < 4.78 is 24.1. The Bertz CT molecular complexity index is 1910. The van der Waals surface area contributed by atoms with E-state index in [0.717, 1.165) is 0 Å². The van der Waals surface area contributed by atoms with Crippen molar-refractivity contribution in [3.05, 3.63) is 82.9 Å². The highest BCUT2D eigenvalue weighted by molar-refractivity contribution is 5.96. The molecule has 57 heavy (non-hydrogen) atoms. The molecule has 3 N–H and O–H groups in total. The molecular formula is C45H57NO11. The normalized spacial score (nSPS) is 33.8. The van der Waals surface area contributed by atoms with Gasteiger partial charge in [0.1, 0.15) is 12.1 Å². The second-order valence-electron chi connectivity index (χ2n) is 17.5. The van der Waals surface area contributed by atoms with Crippen molar-refractivity contribution in [3.63, 3.8) is 0 Å². The maximum absolute atomic E-state index is 15.1. The van der Waals surface area contributed by atoms with Gasteiger partial charge >= 0.3 is 17.9 Å². The van der Waals surface area contributed by atoms with Crippen LogP contribution in [0.3, 0.4) is 0 Å². The average molecular weight is 788 g/mol. The highest BCUT2D eigenvalue weighted by Gasteiger charge is 2.73. The summed E-state index contributed by atoms with van der Waals surface area (Å²) in [5, 5.41) is 28.0. The molecule has 2 aromatic carbocycles. The third kappa shape index (κ3) is 7.12. The number of ketones is 1. The molecule has 0 aromatic heterocycles. The number of Topliss-reactive ketones (excluding diaryl/α,β-unsaturated/α-hetero) is 1. The highest BCUT2D eigenvalue weighted by Crippen LogP contribution is 2.67. The standard InChI is InChI=1S/C45H57NO11/c1-9-10-21-33(49)57-37(35(28-17-13-11-14-18-28)46-40(51)29-19-15-12-16-20-29)41(52)56-30-23-45(53)26(3)38-43(7)24-54-32(43)22-31(48)44(38,8)39(50)36(55-27(4)47)34(25(30)2)42(45,5)6/h11-20,26,30-32,35-38,48,53H,9-10,21-24H2,1-8H3,(H,46,51)/t26?,30-,31-,32+,35-,36+,37+,38?,43+,44+,45+/m0/s1. The van der Waals surface area contributed by atoms with Gasteiger partial charge in [0.25, 0.3) is 5.91 Å². The van der Waals surface area contributed by atoms with Crippen LogP contribution < -0.4 is 5.32 Å². The molecule has 1 saturated heterocycles. The highest BCUT2D eigenvalue weighted by atomic mass is 16.6. The summed E-state index contributed by atoms with van der Waals surface area (Å²) in [6.45, 7) is 14.3. The number of carbonyl (C=O) groups excluding carboxylic acids is 5. The molecule has 2 aromatic rings. The van der Waals surface area contributed by atoms with Gasteiger partial charge in [0.15, 0.2) is 11.9 Å². The number of carbonyl (C=O) groups is 5. The van der Waals surface area contributed by atoms with E-state index in [9.17, 15) is 29.4 Å². The van der Waals surface area contributed by atoms with Crippen molar-refractivity contribution < 1.29 is 53.1 Å². The largest absolute Gasteiger partial charge is 0.455 e. The molecule has 6 rings (SSSR count). The monoisotopic (exact) mass is 787 g/mol. The number of esters is 3. The molecule has 308 valence electrons. The molecule has 1 aliphatic heterocycles. The molecular weight excluding hydrogens is 730 g/mol. The first-order valence-corrected chi connectivity index (χ1v) is 20.1. The molecule has 2 bridgehead atoms. The Labute approximate surface area is 334 Å². The molecule has 12 heteroatoms. The Morgan fingerprint density at radius 3 is 2.19 bits per heavy atom. The van der Waals surface area contributed by atoms with Crippen LogP contribution in [0.15, 0.2) is 71.8 Å². The summed E-state index contributed by atoms with van der Waals surface area (Å²) in [7, 11) is 0. The van der Waals surface area contributed by atoms with E-state index in [1.807, 2.05) is 20.8 Å². The van der Waals surface area contributed by atoms with Crippen LogP contribution in [0.2, 0.25) is 0 Å². The zero-order valence-electron chi connectivity index (χ0n) is 34.2. The molecule has 2 saturated carbocycles. The SMILES string of the molecule is CCCCC(=O)O[C@@H](C(=O)O[C@H]1C[C@@]2(O)C(C)C3[C@]4(C)CO[C@@H]4C[C@H](O)[C@@]3(C)C(=O)[C@H](OC(C)=O)C(=C1C)C2(C)C)[C@@H](NC(=O)c1ccccc1)c1ccccc1. The van der Waals surface area contributed by atoms with Crippen LogP contribution in [0.25, 0.3) is 0 Å². The summed E-state index contributed by atoms with van der Waals surface area (Å²) >= 11 is 0. The third-order valence-corrected chi connectivity index (χ3v) is 13.8. The van der Waals surface area contributed by atoms with Crippen LogP contribution in [-0.4, -0.2) is 82.5 Å². The summed E-state index contributed by atoms with van der Waals surface area (Å²) in [6.07, 6.45) is -4.59. The molecule has 11 atom stereocenters. The maximum Gasteiger partial charge on any atom is 0.350 e. The number of aliphatic hydroxyl groups is 2. The zero-order chi connectivity index (χ0) is 41.7. The molecule has 0 radical (unpaired) electrons. The maximum atomic E-state index is 15.1. The minimum absolute atomic E-state index is 0.0219. The molecule has 4 aliphatic rings. The van der Waals surface area contributed by atoms with Crippen molar-refractivity contribution in [1.82, 2.24) is 5.32 Å². The lowest BCUT2D eigenvalue weighted by atomic mass is 9.40. The van der Waals surface area contributed by atoms with Gasteiger partial charge in [-0.05, 0) is 60.9 Å². The Balaban J connectivity index is 1.47. The van der Waals surface area contributed by atoms with Crippen LogP contribution in [0.4, 0.5) is 0 Å². The first-order chi connectivity index (χ1) is 26.8. The van der Waals surface area contributed by atoms with Crippen molar-refractivity contribution in [2.75, 3.05) is 6.61 Å². The average Bonchev–Trinajstić information content (AvgIpc) is 3.17. The Morgan fingerprint density at radius 1 is 0.982 bits per heavy atom. The molecule has 0 spiro atoms. The third-order valence-electron chi connectivity index (χ3n) is 13.8. The van der Waals surface area contributed by atoms with Crippen molar-refractivity contribution >= 4 is 29.6 Å². The lowest BCUT2D eigenvalue weighted by molar-refractivity contribution is -0.302. The fourth-order valence-electron chi connectivity index (χ4n) is 10.6. The lowest BCUT2D eigenvalue weighted by Crippen LogP contribution is -2.75. The van der Waals surface area contributed by atoms with Crippen molar-refractivity contribution in [2.24, 2.45) is 28.1 Å². The van der Waals surface area contributed by atoms with E-state index in [0.29, 0.717) is 36.1 Å². The first kappa shape index (κ1) is 42.2. The van der Waals surface area contributed by atoms with Gasteiger partial charge in [0, 0.05) is 42.6 Å². The van der Waals surface area contributed by atoms with Gasteiger partial charge < -0.3 is 34.5 Å². The predicted molar refractivity (Wildman–Crippen MR) is 208 cm³/mol. The van der Waals surface area contributed by atoms with E-state index >= 15 is 4.79 Å². The van der Waals surface area contributed by atoms with Crippen LogP contribution >= 0.6 is 0 Å². The molecule has 12 nitrogen and oxygen atoms in total. The molecule has 3 fully saturated rings. The first-order valence-electron chi connectivity index (χ1n) is 20.1. The van der Waals surface area contributed by atoms with Crippen LogP contribution in [0, 0.1) is 28.1 Å². The number of nitrogens with one attached hydrogen (secondary N) is 1. The summed E-state index contributed by atoms with van der Waals surface area (Å²) in [5.74, 6) is -4.71. The zero-order valence-corrected chi connectivity index (χ0v) is 34.2. The van der Waals surface area contributed by atoms with Crippen LogP contribution in [0.1, 0.15) is 109 Å². The van der Waals surface area contributed by atoms with Crippen molar-refractivity contribution in [1.29, 1.82) is 0 Å². The van der Waals surface area contributed by atoms with E-state index < -0.39 is 93.7 Å². The van der Waals surface area contributed by atoms with Crippen LogP contribution in [0.5, 0.6) is 0 Å². The van der Waals surface area contributed by atoms with Gasteiger partial charge in [-0.25, -0.2) is 4.79 Å². The van der Waals surface area contributed by atoms with Gasteiger partial charge in [0.05, 0.1) is 29.8 Å². The molecule has 1 amide bonds. The molecule has 2 unspecified atom stereocenters. The van der Waals surface area contributed by atoms with E-state index in [1.54, 1.807) is 88.4 Å². The smallest absolute Gasteiger partial charge is 0.350 e. The number of hydrogen-bond acceptors (Lipinski definition) is 11. The lowest BCUT2D eigenvalue weighted by Gasteiger charge is -2.68. The topological polar surface area (TPSA) is 175 Å². The minimum Gasteiger partial charge on any atom is -0.455 e. The molecule has 1 heterocycles. The van der Waals surface area contributed by atoms with Gasteiger partial charge in [-0.2, -0.15) is 0 Å². The number of ether oxygens (including phenoxy) is 4. The van der Waals surface area contributed by atoms with Gasteiger partial charge in [0.2, 0.25) is 6.10 Å². The van der Waals surface area contributed by atoms with Gasteiger partial charge in [-0.15, -0.1) is 0 Å². The van der Waals surface area contributed by atoms with E-state index in [2.05, 4.69) is 5.32 Å². The Hall–Kier alpha value is -4.39. The van der Waals surface area contributed by atoms with Crippen molar-refractivity contribution in [3.8, 4) is 0 Å². The van der Waals surface area contributed by atoms with Crippen molar-refractivity contribution in [2.45, 2.75) is 130 Å². The van der Waals surface area contributed by atoms with E-state index in [4.69, 9.17) is 18.9 Å². The van der Waals surface area contributed by atoms with E-state index in [1.165, 1.54) is 6.92 Å². The van der Waals surface area contributed by atoms with E-state index in [-0.39, 0.29) is 30.9 Å².